The molecule has 0 radical (unpaired) electrons. The summed E-state index contributed by atoms with van der Waals surface area (Å²) >= 11 is 11.9. The third-order valence-corrected chi connectivity index (χ3v) is 3.96. The molecule has 2 amide bonds. The van der Waals surface area contributed by atoms with Gasteiger partial charge in [0.25, 0.3) is 0 Å². The predicted octanol–water partition coefficient (Wildman–Crippen LogP) is 4.05. The van der Waals surface area contributed by atoms with Crippen molar-refractivity contribution in [2.45, 2.75) is 13.0 Å². The zero-order chi connectivity index (χ0) is 18.2. The van der Waals surface area contributed by atoms with E-state index in [9.17, 15) is 4.79 Å². The first kappa shape index (κ1) is 19.2. The van der Waals surface area contributed by atoms with E-state index in [2.05, 4.69) is 10.6 Å². The van der Waals surface area contributed by atoms with Gasteiger partial charge in [0, 0.05) is 23.1 Å². The number of hydrogen-bond acceptors (Lipinski definition) is 3. The second-order valence-corrected chi connectivity index (χ2v) is 6.20. The van der Waals surface area contributed by atoms with E-state index in [1.807, 2.05) is 24.3 Å². The van der Waals surface area contributed by atoms with Crippen LogP contribution in [-0.4, -0.2) is 26.8 Å². The fourth-order valence-corrected chi connectivity index (χ4v) is 2.88. The molecular weight excluding hydrogens is 363 g/mol. The molecule has 0 fully saturated rings. The number of carbonyl (C=O) groups excluding carboxylic acids is 1. The van der Waals surface area contributed by atoms with Crippen molar-refractivity contribution in [1.82, 2.24) is 10.6 Å². The van der Waals surface area contributed by atoms with Crippen molar-refractivity contribution in [2.75, 3.05) is 20.8 Å². The predicted molar refractivity (Wildman–Crippen MR) is 100.0 cm³/mol. The molecule has 0 aliphatic rings. The van der Waals surface area contributed by atoms with Gasteiger partial charge >= 0.3 is 6.03 Å². The number of urea groups is 1. The zero-order valence-corrected chi connectivity index (χ0v) is 15.6. The number of nitrogens with one attached hydrogen (secondary N) is 2. The Hall–Kier alpha value is -2.11. The lowest BCUT2D eigenvalue weighted by atomic mass is 10.1. The number of amides is 2. The number of rotatable bonds is 7. The lowest BCUT2D eigenvalue weighted by Gasteiger charge is -2.11. The van der Waals surface area contributed by atoms with Crippen LogP contribution in [-0.2, 0) is 13.0 Å². The number of halogens is 2. The van der Waals surface area contributed by atoms with Gasteiger partial charge in [-0.2, -0.15) is 0 Å². The molecule has 25 heavy (non-hydrogen) atoms. The van der Waals surface area contributed by atoms with Crippen molar-refractivity contribution in [2.24, 2.45) is 0 Å². The summed E-state index contributed by atoms with van der Waals surface area (Å²) in [5.74, 6) is 1.27. The first-order valence-electron chi connectivity index (χ1n) is 7.69. The Morgan fingerprint density at radius 1 is 0.920 bits per heavy atom. The maximum absolute atomic E-state index is 11.9. The number of carbonyl (C=O) groups is 1. The first-order valence-corrected chi connectivity index (χ1v) is 8.45. The van der Waals surface area contributed by atoms with Crippen LogP contribution in [0.15, 0.2) is 36.4 Å². The maximum atomic E-state index is 11.9. The molecule has 0 saturated heterocycles. The van der Waals surface area contributed by atoms with E-state index in [1.165, 1.54) is 0 Å². The Labute approximate surface area is 157 Å². The SMILES string of the molecule is COc1ccc(CNC(=O)NCCc2cc(Cl)cc(Cl)c2)cc1OC. The molecule has 0 bridgehead atoms. The summed E-state index contributed by atoms with van der Waals surface area (Å²) in [5.41, 5.74) is 1.88. The standard InChI is InChI=1S/C18H20Cl2N2O3/c1-24-16-4-3-13(9-17(16)25-2)11-22-18(23)21-6-5-12-7-14(19)10-15(20)8-12/h3-4,7-10H,5-6,11H2,1-2H3,(H2,21,22,23). The van der Waals surface area contributed by atoms with Crippen LogP contribution in [0.5, 0.6) is 11.5 Å². The van der Waals surface area contributed by atoms with E-state index in [0.29, 0.717) is 41.1 Å². The van der Waals surface area contributed by atoms with Crippen LogP contribution >= 0.6 is 23.2 Å². The quantitative estimate of drug-likeness (QED) is 0.758. The average Bonchev–Trinajstić information content (AvgIpc) is 2.58. The molecule has 2 rings (SSSR count). The normalized spacial score (nSPS) is 10.2. The monoisotopic (exact) mass is 382 g/mol. The lowest BCUT2D eigenvalue weighted by Crippen LogP contribution is -2.36. The molecule has 134 valence electrons. The molecule has 2 N–H and O–H groups in total. The molecular formula is C18H20Cl2N2O3. The van der Waals surface area contributed by atoms with Crippen LogP contribution in [0, 0.1) is 0 Å². The summed E-state index contributed by atoms with van der Waals surface area (Å²) < 4.78 is 10.4. The molecule has 2 aromatic rings. The maximum Gasteiger partial charge on any atom is 0.315 e. The third-order valence-electron chi connectivity index (χ3n) is 3.52. The second-order valence-electron chi connectivity index (χ2n) is 5.33. The molecule has 2 aromatic carbocycles. The molecule has 0 saturated carbocycles. The van der Waals surface area contributed by atoms with Gasteiger partial charge in [0.15, 0.2) is 11.5 Å². The molecule has 0 unspecified atom stereocenters. The molecule has 0 aromatic heterocycles. The van der Waals surface area contributed by atoms with Gasteiger partial charge in [-0.05, 0) is 47.9 Å². The Bertz CT molecular complexity index is 718. The summed E-state index contributed by atoms with van der Waals surface area (Å²) in [4.78, 5) is 11.9. The topological polar surface area (TPSA) is 59.6 Å². The number of hydrogen-bond donors (Lipinski definition) is 2. The minimum absolute atomic E-state index is 0.247. The van der Waals surface area contributed by atoms with Crippen molar-refractivity contribution < 1.29 is 14.3 Å². The summed E-state index contributed by atoms with van der Waals surface area (Å²) in [5, 5.41) is 6.76. The highest BCUT2D eigenvalue weighted by atomic mass is 35.5. The van der Waals surface area contributed by atoms with E-state index in [0.717, 1.165) is 11.1 Å². The van der Waals surface area contributed by atoms with Crippen molar-refractivity contribution in [3.05, 3.63) is 57.6 Å². The van der Waals surface area contributed by atoms with Crippen LogP contribution in [0.2, 0.25) is 10.0 Å². The van der Waals surface area contributed by atoms with Crippen LogP contribution in [0.25, 0.3) is 0 Å². The highest BCUT2D eigenvalue weighted by Gasteiger charge is 2.06. The lowest BCUT2D eigenvalue weighted by molar-refractivity contribution is 0.240. The van der Waals surface area contributed by atoms with Crippen LogP contribution in [0.3, 0.4) is 0 Å². The Balaban J connectivity index is 1.79. The highest BCUT2D eigenvalue weighted by Crippen LogP contribution is 2.27. The van der Waals surface area contributed by atoms with Gasteiger partial charge in [-0.25, -0.2) is 4.79 Å². The van der Waals surface area contributed by atoms with E-state index in [-0.39, 0.29) is 6.03 Å². The van der Waals surface area contributed by atoms with Gasteiger partial charge in [-0.15, -0.1) is 0 Å². The highest BCUT2D eigenvalue weighted by molar-refractivity contribution is 6.34. The first-order chi connectivity index (χ1) is 12.0. The van der Waals surface area contributed by atoms with Gasteiger partial charge in [0.05, 0.1) is 14.2 Å². The van der Waals surface area contributed by atoms with E-state index < -0.39 is 0 Å². The summed E-state index contributed by atoms with van der Waals surface area (Å²) in [6, 6.07) is 10.6. The van der Waals surface area contributed by atoms with Gasteiger partial charge < -0.3 is 20.1 Å². The van der Waals surface area contributed by atoms with Gasteiger partial charge in [0.1, 0.15) is 0 Å². The summed E-state index contributed by atoms with van der Waals surface area (Å²) in [6.07, 6.45) is 0.643. The number of benzene rings is 2. The minimum Gasteiger partial charge on any atom is -0.493 e. The molecule has 5 nitrogen and oxygen atoms in total. The fraction of sp³-hybridized carbons (Fsp3) is 0.278. The van der Waals surface area contributed by atoms with Gasteiger partial charge in [0.2, 0.25) is 0 Å². The average molecular weight is 383 g/mol. The molecule has 7 heteroatoms. The molecule has 0 heterocycles. The number of methoxy groups -OCH3 is 2. The van der Waals surface area contributed by atoms with Crippen LogP contribution in [0.1, 0.15) is 11.1 Å². The van der Waals surface area contributed by atoms with E-state index >= 15 is 0 Å². The van der Waals surface area contributed by atoms with Crippen molar-refractivity contribution >= 4 is 29.2 Å². The van der Waals surface area contributed by atoms with Gasteiger partial charge in [-0.3, -0.25) is 0 Å². The Kier molecular flexibility index (Phi) is 7.22. The molecule has 0 aliphatic carbocycles. The molecule has 0 aliphatic heterocycles. The van der Waals surface area contributed by atoms with Crippen LogP contribution in [0.4, 0.5) is 4.79 Å². The van der Waals surface area contributed by atoms with E-state index in [1.54, 1.807) is 26.4 Å². The Morgan fingerprint density at radius 2 is 1.60 bits per heavy atom. The van der Waals surface area contributed by atoms with Gasteiger partial charge in [-0.1, -0.05) is 29.3 Å². The van der Waals surface area contributed by atoms with E-state index in [4.69, 9.17) is 32.7 Å². The zero-order valence-electron chi connectivity index (χ0n) is 14.1. The molecule has 0 atom stereocenters. The summed E-state index contributed by atoms with van der Waals surface area (Å²) in [6.45, 7) is 0.865. The smallest absolute Gasteiger partial charge is 0.315 e. The van der Waals surface area contributed by atoms with Crippen molar-refractivity contribution in [3.63, 3.8) is 0 Å². The fourth-order valence-electron chi connectivity index (χ4n) is 2.31. The third kappa shape index (κ3) is 6.03. The minimum atomic E-state index is -0.247. The van der Waals surface area contributed by atoms with Crippen LogP contribution < -0.4 is 20.1 Å². The van der Waals surface area contributed by atoms with Crippen molar-refractivity contribution in [3.8, 4) is 11.5 Å². The molecule has 0 spiro atoms. The summed E-state index contributed by atoms with van der Waals surface area (Å²) in [7, 11) is 3.15. The second kappa shape index (κ2) is 9.39. The number of ether oxygens (including phenoxy) is 2. The largest absolute Gasteiger partial charge is 0.493 e. The van der Waals surface area contributed by atoms with Crippen molar-refractivity contribution in [1.29, 1.82) is 0 Å². The Morgan fingerprint density at radius 3 is 2.24 bits per heavy atom.